The van der Waals surface area contributed by atoms with Crippen molar-refractivity contribution < 1.29 is 18.0 Å². The van der Waals surface area contributed by atoms with E-state index >= 15 is 0 Å². The first-order chi connectivity index (χ1) is 10.3. The zero-order chi connectivity index (χ0) is 18.8. The quantitative estimate of drug-likeness (QED) is 0.370. The van der Waals surface area contributed by atoms with Crippen LogP contribution in [-0.4, -0.2) is 68.7 Å². The van der Waals surface area contributed by atoms with Gasteiger partial charge in [-0.1, -0.05) is 0 Å². The Balaban J connectivity index is 2.60. The molecule has 0 saturated heterocycles. The third-order valence-corrected chi connectivity index (χ3v) is 9.24. The Morgan fingerprint density at radius 1 is 0.792 bits per heavy atom. The van der Waals surface area contributed by atoms with E-state index < -0.39 is 7.15 Å². The van der Waals surface area contributed by atoms with E-state index in [4.69, 9.17) is 30.1 Å². The molecule has 0 aromatic heterocycles. The van der Waals surface area contributed by atoms with Crippen molar-refractivity contribution >= 4 is 30.0 Å². The molecule has 2 aliphatic heterocycles. The Kier molecular flexibility index (Phi) is 4.07. The Morgan fingerprint density at radius 3 is 1.33 bits per heavy atom. The maximum atomic E-state index is 7.36. The average Bonchev–Trinajstić information content (AvgIpc) is 2.19. The summed E-state index contributed by atoms with van der Waals surface area (Å²) in [4.78, 5) is 0. The second-order valence-electron chi connectivity index (χ2n) is 10.4. The summed E-state index contributed by atoms with van der Waals surface area (Å²) in [7, 11) is 4.34. The van der Waals surface area contributed by atoms with Crippen LogP contribution in [-0.2, 0) is 8.85 Å². The van der Waals surface area contributed by atoms with Crippen LogP contribution in [0.3, 0.4) is 0 Å². The molecule has 0 saturated carbocycles. The second-order valence-corrected chi connectivity index (χ2v) is 16.6. The summed E-state index contributed by atoms with van der Waals surface area (Å²) in [6.07, 6.45) is 1.08. The minimum atomic E-state index is -3.83. The monoisotopic (exact) mass is 377 g/mol. The summed E-state index contributed by atoms with van der Waals surface area (Å²) < 4.78 is 13.8. The molecule has 0 radical (unpaired) electrons. The minimum absolute atomic E-state index is 0.238. The van der Waals surface area contributed by atoms with Gasteiger partial charge >= 0.3 is 151 Å². The number of quaternary nitrogens is 2. The van der Waals surface area contributed by atoms with Crippen molar-refractivity contribution in [1.29, 1.82) is 0 Å². The molecule has 6 nitrogen and oxygen atoms in total. The molecule has 0 aromatic carbocycles. The molecular formula is C16H34ClN4O2Si+. The first-order valence-electron chi connectivity index (χ1n) is 8.48. The molecular weight excluding hydrogens is 344 g/mol. The Bertz CT molecular complexity index is 563. The van der Waals surface area contributed by atoms with E-state index in [9.17, 15) is 0 Å². The van der Waals surface area contributed by atoms with E-state index in [1.54, 1.807) is 0 Å². The van der Waals surface area contributed by atoms with Crippen LogP contribution in [0.15, 0.2) is 10.2 Å². The maximum absolute atomic E-state index is 7.36. The third kappa shape index (κ3) is 3.95. The molecule has 0 fully saturated rings. The third-order valence-electron chi connectivity index (χ3n) is 4.02. The van der Waals surface area contributed by atoms with Gasteiger partial charge in [-0.25, -0.2) is 0 Å². The summed E-state index contributed by atoms with van der Waals surface area (Å²) in [6, 6.07) is 0. The zero-order valence-electron chi connectivity index (χ0n) is 16.9. The summed E-state index contributed by atoms with van der Waals surface area (Å²) in [6.45, 7) is 12.5. The van der Waals surface area contributed by atoms with Gasteiger partial charge in [0.05, 0.1) is 0 Å². The van der Waals surface area contributed by atoms with E-state index in [2.05, 4.69) is 41.5 Å². The van der Waals surface area contributed by atoms with Crippen molar-refractivity contribution in [1.82, 2.24) is 0 Å². The van der Waals surface area contributed by atoms with Crippen LogP contribution in [0.1, 0.15) is 41.5 Å². The van der Waals surface area contributed by atoms with Crippen molar-refractivity contribution in [3.8, 4) is 0 Å². The van der Waals surface area contributed by atoms with E-state index in [1.165, 1.54) is 0 Å². The van der Waals surface area contributed by atoms with E-state index in [1.807, 2.05) is 28.2 Å². The Labute approximate surface area is 151 Å². The molecule has 2 rings (SSSR count). The van der Waals surface area contributed by atoms with E-state index in [-0.39, 0.29) is 10.8 Å². The van der Waals surface area contributed by atoms with Gasteiger partial charge in [0.1, 0.15) is 0 Å². The molecule has 1 spiro atoms. The molecule has 0 atom stereocenters. The van der Waals surface area contributed by atoms with Gasteiger partial charge in [0.15, 0.2) is 0 Å². The number of hydrogen-bond donors (Lipinski definition) is 0. The molecule has 0 N–H and O–H groups in total. The SMILES string of the molecule is CC(C)(C)C1=N[N+](C)(C)C[Si-]2(Cl)(C[N+](C)(C)N=C(C(C)(C)C)O2)O1. The molecule has 0 bridgehead atoms. The van der Waals surface area contributed by atoms with Gasteiger partial charge in [0.2, 0.25) is 0 Å². The second kappa shape index (κ2) is 4.96. The van der Waals surface area contributed by atoms with Crippen molar-refractivity contribution in [3.05, 3.63) is 0 Å². The predicted octanol–water partition coefficient (Wildman–Crippen LogP) is 3.13. The molecule has 0 aliphatic carbocycles. The zero-order valence-corrected chi connectivity index (χ0v) is 18.7. The molecule has 140 valence electrons. The molecule has 0 unspecified atom stereocenters. The fourth-order valence-corrected chi connectivity index (χ4v) is 10.5. The van der Waals surface area contributed by atoms with E-state index in [0.717, 1.165) is 0 Å². The van der Waals surface area contributed by atoms with E-state index in [0.29, 0.717) is 33.3 Å². The van der Waals surface area contributed by atoms with Crippen LogP contribution in [0, 0.1) is 10.8 Å². The van der Waals surface area contributed by atoms with Crippen molar-refractivity contribution in [3.63, 3.8) is 0 Å². The summed E-state index contributed by atoms with van der Waals surface area (Å²) >= 11 is 7.36. The van der Waals surface area contributed by atoms with Gasteiger partial charge in [-0.3, -0.25) is 0 Å². The van der Waals surface area contributed by atoms with Crippen LogP contribution in [0.5, 0.6) is 0 Å². The normalized spacial score (nSPS) is 29.4. The average molecular weight is 378 g/mol. The summed E-state index contributed by atoms with van der Waals surface area (Å²) in [5, 5.41) is 9.55. The van der Waals surface area contributed by atoms with Crippen LogP contribution >= 0.6 is 11.1 Å². The number of rotatable bonds is 0. The van der Waals surface area contributed by atoms with Gasteiger partial charge < -0.3 is 0 Å². The fraction of sp³-hybridized carbons (Fsp3) is 0.875. The van der Waals surface area contributed by atoms with Crippen molar-refractivity contribution in [2.24, 2.45) is 21.0 Å². The van der Waals surface area contributed by atoms with Crippen molar-refractivity contribution in [2.75, 3.05) is 40.5 Å². The van der Waals surface area contributed by atoms with Crippen LogP contribution < -0.4 is 0 Å². The first kappa shape index (κ1) is 19.7. The van der Waals surface area contributed by atoms with Crippen LogP contribution in [0.4, 0.5) is 0 Å². The van der Waals surface area contributed by atoms with Gasteiger partial charge in [0.25, 0.3) is 0 Å². The van der Waals surface area contributed by atoms with Crippen molar-refractivity contribution in [2.45, 2.75) is 41.5 Å². The van der Waals surface area contributed by atoms with Gasteiger partial charge in [-0.05, 0) is 0 Å². The Morgan fingerprint density at radius 2 is 1.08 bits per heavy atom. The van der Waals surface area contributed by atoms with Gasteiger partial charge in [-0.15, -0.1) is 0 Å². The molecule has 8 heteroatoms. The predicted molar refractivity (Wildman–Crippen MR) is 102 cm³/mol. The molecule has 2 heterocycles. The standard InChI is InChI=1S/C16H34ClN4O2Si/c1-15(2,3)13-18-20(7,8)11-24(17,22-13)12-21(9,10)19-14(23-24)16(4,5)6/h11-12H2,1-10H3/q+1. The fourth-order valence-electron chi connectivity index (χ4n) is 3.31. The van der Waals surface area contributed by atoms with Crippen LogP contribution in [0.25, 0.3) is 0 Å². The number of hydrogen-bond acceptors (Lipinski definition) is 4. The number of halogens is 1. The summed E-state index contributed by atoms with van der Waals surface area (Å²) in [5.41, 5.74) is -0.476. The van der Waals surface area contributed by atoms with Gasteiger partial charge in [0, 0.05) is 0 Å². The first-order valence-corrected chi connectivity index (χ1v) is 12.2. The topological polar surface area (TPSA) is 43.2 Å². The number of nitrogens with zero attached hydrogens (tertiary/aromatic N) is 4. The molecule has 0 aromatic rings. The van der Waals surface area contributed by atoms with Crippen LogP contribution in [0.2, 0.25) is 0 Å². The van der Waals surface area contributed by atoms with Gasteiger partial charge in [-0.2, -0.15) is 0 Å². The molecule has 24 heavy (non-hydrogen) atoms. The Hall–Kier alpha value is -0.633. The summed E-state index contributed by atoms with van der Waals surface area (Å²) in [5.74, 6) is 1.33. The molecule has 0 amide bonds. The molecule has 2 aliphatic rings.